The quantitative estimate of drug-likeness (QED) is 0.435. The molecule has 0 spiro atoms. The summed E-state index contributed by atoms with van der Waals surface area (Å²) >= 11 is 0. The summed E-state index contributed by atoms with van der Waals surface area (Å²) in [6.45, 7) is 13.2. The highest BCUT2D eigenvalue weighted by molar-refractivity contribution is 5.86. The number of aliphatic hydroxyl groups is 4. The van der Waals surface area contributed by atoms with E-state index in [1.807, 2.05) is 6.92 Å². The fourth-order valence-electron chi connectivity index (χ4n) is 10.5. The summed E-state index contributed by atoms with van der Waals surface area (Å²) in [6.07, 6.45) is 7.31. The molecule has 0 aliphatic heterocycles. The van der Waals surface area contributed by atoms with Crippen molar-refractivity contribution in [1.82, 2.24) is 0 Å². The predicted molar refractivity (Wildman–Crippen MR) is 135 cm³/mol. The van der Waals surface area contributed by atoms with E-state index in [0.717, 1.165) is 32.1 Å². The Hall–Kier alpha value is -0.750. The van der Waals surface area contributed by atoms with E-state index < -0.39 is 23.0 Å². The second-order valence-electron chi connectivity index (χ2n) is 14.9. The molecule has 10 unspecified atom stereocenters. The number of fused-ring (bicyclic) bond motifs is 7. The van der Waals surface area contributed by atoms with Gasteiger partial charge in [-0.1, -0.05) is 53.2 Å². The molecule has 0 aromatic heterocycles. The summed E-state index contributed by atoms with van der Waals surface area (Å²) in [5.41, 5.74) is -0.505. The van der Waals surface area contributed by atoms with Crippen molar-refractivity contribution in [2.45, 2.75) is 105 Å². The molecule has 5 heteroatoms. The van der Waals surface area contributed by atoms with Crippen LogP contribution in [0.15, 0.2) is 11.6 Å². The predicted octanol–water partition coefficient (Wildman–Crippen LogP) is 4.26. The summed E-state index contributed by atoms with van der Waals surface area (Å²) in [5.74, 6) is 0.816. The van der Waals surface area contributed by atoms with Crippen molar-refractivity contribution >= 4 is 5.78 Å². The Bertz CT molecular complexity index is 941. The van der Waals surface area contributed by atoms with Crippen molar-refractivity contribution in [3.63, 3.8) is 0 Å². The third kappa shape index (κ3) is 2.99. The monoisotopic (exact) mass is 488 g/mol. The van der Waals surface area contributed by atoms with Crippen LogP contribution in [0.1, 0.15) is 92.9 Å². The van der Waals surface area contributed by atoms with E-state index in [9.17, 15) is 25.2 Å². The minimum absolute atomic E-state index is 0.0398. The largest absolute Gasteiger partial charge is 0.396 e. The zero-order chi connectivity index (χ0) is 25.8. The lowest BCUT2D eigenvalue weighted by Crippen LogP contribution is -2.68. The van der Waals surface area contributed by atoms with E-state index in [2.05, 4.69) is 40.7 Å². The highest BCUT2D eigenvalue weighted by atomic mass is 16.3. The van der Waals surface area contributed by atoms with Crippen LogP contribution >= 0.6 is 0 Å². The summed E-state index contributed by atoms with van der Waals surface area (Å²) < 4.78 is 0. The zero-order valence-corrected chi connectivity index (χ0v) is 22.7. The molecular formula is C30H48O5. The van der Waals surface area contributed by atoms with Crippen LogP contribution in [0.3, 0.4) is 0 Å². The maximum Gasteiger partial charge on any atom is 0.141 e. The molecule has 0 aromatic rings. The molecule has 198 valence electrons. The van der Waals surface area contributed by atoms with Gasteiger partial charge in [-0.25, -0.2) is 0 Å². The second-order valence-corrected chi connectivity index (χ2v) is 14.9. The van der Waals surface area contributed by atoms with Gasteiger partial charge in [-0.2, -0.15) is 0 Å². The van der Waals surface area contributed by atoms with Crippen LogP contribution < -0.4 is 0 Å². The lowest BCUT2D eigenvalue weighted by molar-refractivity contribution is -0.217. The van der Waals surface area contributed by atoms with Gasteiger partial charge in [0, 0.05) is 11.8 Å². The number of aliphatic hydroxyl groups excluding tert-OH is 4. The maximum atomic E-state index is 13.0. The molecule has 0 radical (unpaired) electrons. The van der Waals surface area contributed by atoms with E-state index in [0.29, 0.717) is 25.2 Å². The topological polar surface area (TPSA) is 98.0 Å². The zero-order valence-electron chi connectivity index (χ0n) is 22.7. The minimum atomic E-state index is -0.683. The molecular weight excluding hydrogens is 440 g/mol. The molecule has 0 aromatic carbocycles. The Morgan fingerprint density at radius 2 is 1.57 bits per heavy atom. The Morgan fingerprint density at radius 3 is 2.20 bits per heavy atom. The first-order valence-corrected chi connectivity index (χ1v) is 14.0. The highest BCUT2D eigenvalue weighted by Crippen LogP contribution is 2.75. The molecule has 4 fully saturated rings. The molecule has 0 bridgehead atoms. The molecule has 4 N–H and O–H groups in total. The summed E-state index contributed by atoms with van der Waals surface area (Å²) in [5, 5.41) is 43.7. The Kier molecular flexibility index (Phi) is 5.65. The maximum absolute atomic E-state index is 13.0. The van der Waals surface area contributed by atoms with Gasteiger partial charge in [-0.05, 0) is 84.4 Å². The van der Waals surface area contributed by atoms with Gasteiger partial charge < -0.3 is 20.4 Å². The van der Waals surface area contributed by atoms with Crippen LogP contribution in [-0.4, -0.2) is 51.6 Å². The van der Waals surface area contributed by atoms with Crippen LogP contribution in [0.4, 0.5) is 0 Å². The average molecular weight is 489 g/mol. The van der Waals surface area contributed by atoms with Crippen LogP contribution in [0.25, 0.3) is 0 Å². The van der Waals surface area contributed by atoms with Gasteiger partial charge in [-0.15, -0.1) is 0 Å². The third-order valence-electron chi connectivity index (χ3n) is 13.2. The lowest BCUT2D eigenvalue weighted by atomic mass is 9.33. The molecule has 0 saturated heterocycles. The number of Topliss-reactive ketones (excluding diaryl/α,β-unsaturated/α-hetero) is 1. The minimum Gasteiger partial charge on any atom is -0.396 e. The molecule has 4 saturated carbocycles. The first-order chi connectivity index (χ1) is 16.2. The smallest absolute Gasteiger partial charge is 0.141 e. The van der Waals surface area contributed by atoms with E-state index >= 15 is 0 Å². The Labute approximate surface area is 211 Å². The van der Waals surface area contributed by atoms with Crippen molar-refractivity contribution in [3.8, 4) is 0 Å². The standard InChI is InChI=1S/C30H48O5/c1-25(2)13-19-18-7-8-21-26(3)11-10-22(33)27(4,16-31)20(26)9-12-28(21,5)29(18,6)14-24(35)30(19,17-32)15-23(25)34/h7,19-21,23-24,31-32,34-35H,8-17H2,1-6H3. The van der Waals surface area contributed by atoms with Gasteiger partial charge in [0.2, 0.25) is 0 Å². The Balaban J connectivity index is 1.61. The first kappa shape index (κ1) is 25.9. The summed E-state index contributed by atoms with van der Waals surface area (Å²) in [7, 11) is 0. The molecule has 5 nitrogen and oxygen atoms in total. The molecule has 10 atom stereocenters. The van der Waals surface area contributed by atoms with E-state index in [-0.39, 0.29) is 52.5 Å². The fraction of sp³-hybridized carbons (Fsp3) is 0.900. The van der Waals surface area contributed by atoms with E-state index in [4.69, 9.17) is 0 Å². The molecule has 0 amide bonds. The van der Waals surface area contributed by atoms with Crippen molar-refractivity contribution in [3.05, 3.63) is 11.6 Å². The summed E-state index contributed by atoms with van der Waals surface area (Å²) in [6, 6.07) is 0. The summed E-state index contributed by atoms with van der Waals surface area (Å²) in [4.78, 5) is 13.0. The molecule has 5 rings (SSSR count). The number of ketones is 1. The molecule has 35 heavy (non-hydrogen) atoms. The third-order valence-corrected chi connectivity index (χ3v) is 13.2. The normalized spacial score (nSPS) is 55.2. The van der Waals surface area contributed by atoms with Crippen LogP contribution in [0, 0.1) is 50.2 Å². The van der Waals surface area contributed by atoms with Gasteiger partial charge in [0.25, 0.3) is 0 Å². The number of rotatable bonds is 2. The van der Waals surface area contributed by atoms with Crippen LogP contribution in [0.5, 0.6) is 0 Å². The molecule has 5 aliphatic rings. The number of carbonyl (C=O) groups excluding carboxylic acids is 1. The number of carbonyl (C=O) groups is 1. The second kappa shape index (κ2) is 7.65. The fourth-order valence-corrected chi connectivity index (χ4v) is 10.5. The van der Waals surface area contributed by atoms with Crippen molar-refractivity contribution < 1.29 is 25.2 Å². The molecule has 0 heterocycles. The van der Waals surface area contributed by atoms with Crippen molar-refractivity contribution in [2.24, 2.45) is 50.2 Å². The van der Waals surface area contributed by atoms with Gasteiger partial charge in [-0.3, -0.25) is 4.79 Å². The van der Waals surface area contributed by atoms with Crippen LogP contribution in [0.2, 0.25) is 0 Å². The van der Waals surface area contributed by atoms with Gasteiger partial charge in [0.1, 0.15) is 5.78 Å². The van der Waals surface area contributed by atoms with E-state index in [1.54, 1.807) is 0 Å². The SMILES string of the molecule is CC1(C)CC2C3=CCC4C5(C)CCC(=O)C(C)(CO)C5CCC4(C)C3(C)CC(O)C2(CO)CC1O. The van der Waals surface area contributed by atoms with Crippen molar-refractivity contribution in [2.75, 3.05) is 13.2 Å². The lowest BCUT2D eigenvalue weighted by Gasteiger charge is -2.71. The van der Waals surface area contributed by atoms with Gasteiger partial charge in [0.05, 0.1) is 30.8 Å². The number of hydrogen-bond acceptors (Lipinski definition) is 5. The van der Waals surface area contributed by atoms with Crippen molar-refractivity contribution in [1.29, 1.82) is 0 Å². The number of hydrogen-bond donors (Lipinski definition) is 4. The van der Waals surface area contributed by atoms with Gasteiger partial charge in [0.15, 0.2) is 0 Å². The first-order valence-electron chi connectivity index (χ1n) is 14.0. The van der Waals surface area contributed by atoms with Crippen LogP contribution in [-0.2, 0) is 4.79 Å². The Morgan fingerprint density at radius 1 is 0.886 bits per heavy atom. The average Bonchev–Trinajstić information content (AvgIpc) is 2.78. The van der Waals surface area contributed by atoms with E-state index in [1.165, 1.54) is 5.57 Å². The molecule has 5 aliphatic carbocycles. The number of allylic oxidation sites excluding steroid dienone is 2. The highest BCUT2D eigenvalue weighted by Gasteiger charge is 2.70. The van der Waals surface area contributed by atoms with Gasteiger partial charge >= 0.3 is 0 Å².